The lowest BCUT2D eigenvalue weighted by Gasteiger charge is -2.10. The van der Waals surface area contributed by atoms with Crippen molar-refractivity contribution >= 4 is 16.6 Å². The molecule has 0 aliphatic rings. The van der Waals surface area contributed by atoms with E-state index in [0.29, 0.717) is 23.4 Å². The number of anilines is 1. The number of hydrogen-bond acceptors (Lipinski definition) is 4. The monoisotopic (exact) mass is 337 g/mol. The topological polar surface area (TPSA) is 66.5 Å². The summed E-state index contributed by atoms with van der Waals surface area (Å²) < 4.78 is 27.4. The van der Waals surface area contributed by atoms with Gasteiger partial charge in [0.05, 0.1) is 0 Å². The Hall–Kier alpha value is -3.35. The van der Waals surface area contributed by atoms with Crippen molar-refractivity contribution in [2.45, 2.75) is 6.54 Å². The minimum atomic E-state index is -0.675. The Morgan fingerprint density at radius 2 is 1.96 bits per heavy atom. The first kappa shape index (κ1) is 15.2. The van der Waals surface area contributed by atoms with Crippen molar-refractivity contribution in [1.82, 2.24) is 20.2 Å². The highest BCUT2D eigenvalue weighted by atomic mass is 19.1. The average Bonchev–Trinajstić information content (AvgIpc) is 3.15. The van der Waals surface area contributed by atoms with Crippen molar-refractivity contribution in [2.75, 3.05) is 5.32 Å². The molecule has 2 heterocycles. The number of rotatable bonds is 4. The fourth-order valence-corrected chi connectivity index (χ4v) is 2.70. The molecule has 0 spiro atoms. The van der Waals surface area contributed by atoms with Crippen LogP contribution >= 0.6 is 0 Å². The Morgan fingerprint density at radius 3 is 2.80 bits per heavy atom. The fourth-order valence-electron chi connectivity index (χ4n) is 2.70. The van der Waals surface area contributed by atoms with E-state index in [1.807, 2.05) is 24.3 Å². The van der Waals surface area contributed by atoms with E-state index in [1.165, 1.54) is 18.6 Å². The lowest BCUT2D eigenvalue weighted by molar-refractivity contribution is 0.590. The zero-order valence-corrected chi connectivity index (χ0v) is 13.0. The zero-order chi connectivity index (χ0) is 17.2. The first-order valence-electron chi connectivity index (χ1n) is 7.63. The van der Waals surface area contributed by atoms with E-state index in [1.54, 1.807) is 6.07 Å². The number of aromatic amines is 1. The summed E-state index contributed by atoms with van der Waals surface area (Å²) in [6, 6.07) is 11.6. The Labute approximate surface area is 141 Å². The molecule has 0 fully saturated rings. The third-order valence-corrected chi connectivity index (χ3v) is 3.86. The molecular weight excluding hydrogens is 324 g/mol. The molecule has 0 saturated carbocycles. The average molecular weight is 337 g/mol. The van der Waals surface area contributed by atoms with E-state index < -0.39 is 11.6 Å². The Kier molecular flexibility index (Phi) is 3.81. The summed E-state index contributed by atoms with van der Waals surface area (Å²) >= 11 is 0. The van der Waals surface area contributed by atoms with Gasteiger partial charge >= 0.3 is 0 Å². The van der Waals surface area contributed by atoms with E-state index >= 15 is 0 Å². The Bertz CT molecular complexity index is 1030. The smallest absolute Gasteiger partial charge is 0.155 e. The quantitative estimate of drug-likeness (QED) is 0.592. The molecule has 2 aromatic carbocycles. The summed E-state index contributed by atoms with van der Waals surface area (Å²) in [7, 11) is 0. The molecule has 0 aliphatic heterocycles. The van der Waals surface area contributed by atoms with Gasteiger partial charge in [0.2, 0.25) is 0 Å². The van der Waals surface area contributed by atoms with Gasteiger partial charge in [0.1, 0.15) is 17.7 Å². The van der Waals surface area contributed by atoms with Gasteiger partial charge < -0.3 is 5.32 Å². The second-order valence-corrected chi connectivity index (χ2v) is 5.53. The summed E-state index contributed by atoms with van der Waals surface area (Å²) in [5.74, 6) is -0.625. The van der Waals surface area contributed by atoms with E-state index in [0.717, 1.165) is 17.2 Å². The molecular formula is C18H13F2N5. The molecule has 2 aromatic heterocycles. The van der Waals surface area contributed by atoms with Gasteiger partial charge in [-0.05, 0) is 23.8 Å². The molecule has 0 atom stereocenters. The van der Waals surface area contributed by atoms with E-state index in [9.17, 15) is 8.78 Å². The number of fused-ring (bicyclic) bond motifs is 1. The van der Waals surface area contributed by atoms with Crippen LogP contribution in [-0.2, 0) is 6.54 Å². The van der Waals surface area contributed by atoms with Gasteiger partial charge in [-0.25, -0.2) is 13.8 Å². The van der Waals surface area contributed by atoms with Crippen LogP contribution in [0, 0.1) is 11.6 Å². The van der Waals surface area contributed by atoms with Gasteiger partial charge in [-0.3, -0.25) is 10.1 Å². The Balaban J connectivity index is 1.62. The highest BCUT2D eigenvalue weighted by Crippen LogP contribution is 2.25. The number of benzene rings is 2. The van der Waals surface area contributed by atoms with Crippen molar-refractivity contribution < 1.29 is 8.78 Å². The Morgan fingerprint density at radius 1 is 1.04 bits per heavy atom. The highest BCUT2D eigenvalue weighted by molar-refractivity contribution is 5.91. The van der Waals surface area contributed by atoms with Crippen LogP contribution in [0.3, 0.4) is 0 Å². The molecule has 0 radical (unpaired) electrons. The number of hydrogen-bond donors (Lipinski definition) is 2. The molecule has 124 valence electrons. The van der Waals surface area contributed by atoms with Crippen LogP contribution < -0.4 is 5.32 Å². The molecule has 0 unspecified atom stereocenters. The zero-order valence-electron chi connectivity index (χ0n) is 13.0. The van der Waals surface area contributed by atoms with Crippen LogP contribution in [0.15, 0.2) is 55.0 Å². The predicted molar refractivity (Wildman–Crippen MR) is 90.8 cm³/mol. The first-order chi connectivity index (χ1) is 12.2. The van der Waals surface area contributed by atoms with Gasteiger partial charge in [-0.15, -0.1) is 0 Å². The summed E-state index contributed by atoms with van der Waals surface area (Å²) in [6.07, 6.45) is 2.95. The van der Waals surface area contributed by atoms with Gasteiger partial charge in [-0.1, -0.05) is 18.2 Å². The maximum absolute atomic E-state index is 13.9. The van der Waals surface area contributed by atoms with Crippen molar-refractivity contribution in [3.05, 3.63) is 72.2 Å². The largest absolute Gasteiger partial charge is 0.380 e. The van der Waals surface area contributed by atoms with Crippen LogP contribution in [0.5, 0.6) is 0 Å². The molecule has 25 heavy (non-hydrogen) atoms. The van der Waals surface area contributed by atoms with Gasteiger partial charge in [0.25, 0.3) is 0 Å². The van der Waals surface area contributed by atoms with Crippen molar-refractivity contribution in [3.63, 3.8) is 0 Å². The standard InChI is InChI=1S/C18H13F2N5/c19-13-7-14-16(4-5-21-17(14)15(20)8-13)22-9-11-2-1-3-12(6-11)18-23-10-24-25-18/h1-8,10H,9H2,(H,21,22)(H,23,24,25). The van der Waals surface area contributed by atoms with Crippen molar-refractivity contribution in [3.8, 4) is 11.4 Å². The van der Waals surface area contributed by atoms with Crippen LogP contribution in [-0.4, -0.2) is 20.2 Å². The third kappa shape index (κ3) is 3.03. The number of H-pyrrole nitrogens is 1. The molecule has 4 rings (SSSR count). The summed E-state index contributed by atoms with van der Waals surface area (Å²) in [5, 5.41) is 10.3. The minimum Gasteiger partial charge on any atom is -0.380 e. The van der Waals surface area contributed by atoms with E-state index in [2.05, 4.69) is 25.5 Å². The molecule has 0 bridgehead atoms. The SMILES string of the molecule is Fc1cc(F)c2nccc(NCc3cccc(-c4ncn[nH]4)c3)c2c1. The second kappa shape index (κ2) is 6.27. The number of halogens is 2. The minimum absolute atomic E-state index is 0.141. The van der Waals surface area contributed by atoms with Crippen LogP contribution in [0.1, 0.15) is 5.56 Å². The molecule has 7 heteroatoms. The molecule has 0 amide bonds. The van der Waals surface area contributed by atoms with E-state index in [4.69, 9.17) is 0 Å². The summed E-state index contributed by atoms with van der Waals surface area (Å²) in [5.41, 5.74) is 2.67. The highest BCUT2D eigenvalue weighted by Gasteiger charge is 2.09. The number of nitrogens with one attached hydrogen (secondary N) is 2. The first-order valence-corrected chi connectivity index (χ1v) is 7.63. The lowest BCUT2D eigenvalue weighted by atomic mass is 10.1. The maximum Gasteiger partial charge on any atom is 0.155 e. The van der Waals surface area contributed by atoms with Crippen LogP contribution in [0.25, 0.3) is 22.3 Å². The number of nitrogens with zero attached hydrogens (tertiary/aromatic N) is 3. The van der Waals surface area contributed by atoms with Gasteiger partial charge in [0.15, 0.2) is 11.6 Å². The molecule has 4 aromatic rings. The summed E-state index contributed by atoms with van der Waals surface area (Å²) in [6.45, 7) is 0.485. The number of aromatic nitrogens is 4. The lowest BCUT2D eigenvalue weighted by Crippen LogP contribution is -2.01. The molecule has 0 aliphatic carbocycles. The van der Waals surface area contributed by atoms with Gasteiger partial charge in [-0.2, -0.15) is 5.10 Å². The van der Waals surface area contributed by atoms with Crippen LogP contribution in [0.4, 0.5) is 14.5 Å². The molecule has 2 N–H and O–H groups in total. The predicted octanol–water partition coefficient (Wildman–Crippen LogP) is 3.91. The van der Waals surface area contributed by atoms with Crippen molar-refractivity contribution in [1.29, 1.82) is 0 Å². The van der Waals surface area contributed by atoms with Crippen molar-refractivity contribution in [2.24, 2.45) is 0 Å². The third-order valence-electron chi connectivity index (χ3n) is 3.86. The number of pyridine rings is 1. The summed E-state index contributed by atoms with van der Waals surface area (Å²) in [4.78, 5) is 8.11. The van der Waals surface area contributed by atoms with Crippen LogP contribution in [0.2, 0.25) is 0 Å². The fraction of sp³-hybridized carbons (Fsp3) is 0.0556. The maximum atomic E-state index is 13.9. The van der Waals surface area contributed by atoms with E-state index in [-0.39, 0.29) is 5.52 Å². The second-order valence-electron chi connectivity index (χ2n) is 5.53. The molecule has 5 nitrogen and oxygen atoms in total. The normalized spacial score (nSPS) is 11.0. The molecule has 0 saturated heterocycles. The van der Waals surface area contributed by atoms with Gasteiger partial charge in [0, 0.05) is 35.4 Å².